The van der Waals surface area contributed by atoms with Crippen molar-refractivity contribution in [3.05, 3.63) is 0 Å². The van der Waals surface area contributed by atoms with Crippen molar-refractivity contribution < 1.29 is 14.2 Å². The van der Waals surface area contributed by atoms with Crippen molar-refractivity contribution in [1.82, 2.24) is 5.32 Å². The predicted molar refractivity (Wildman–Crippen MR) is 77.9 cm³/mol. The Bertz CT molecular complexity index is 293. The van der Waals surface area contributed by atoms with E-state index in [1.54, 1.807) is 0 Å². The lowest BCUT2D eigenvalue weighted by Gasteiger charge is -2.45. The van der Waals surface area contributed by atoms with Gasteiger partial charge >= 0.3 is 0 Å². The topological polar surface area (TPSA) is 39.7 Å². The Morgan fingerprint density at radius 1 is 1.15 bits per heavy atom. The van der Waals surface area contributed by atoms with E-state index in [-0.39, 0.29) is 5.60 Å². The van der Waals surface area contributed by atoms with Gasteiger partial charge in [-0.25, -0.2) is 0 Å². The Morgan fingerprint density at radius 2 is 2.00 bits per heavy atom. The average Bonchev–Trinajstić information content (AvgIpc) is 2.98. The molecule has 4 heteroatoms. The fourth-order valence-corrected chi connectivity index (χ4v) is 4.16. The molecule has 3 unspecified atom stereocenters. The summed E-state index contributed by atoms with van der Waals surface area (Å²) in [5.41, 5.74) is 0.104. The van der Waals surface area contributed by atoms with Crippen LogP contribution in [0.3, 0.4) is 0 Å². The SMILES string of the molecule is CNC(CC1CCCO1)C1CCOC2(CCOCC2)C1. The van der Waals surface area contributed by atoms with Gasteiger partial charge < -0.3 is 19.5 Å². The normalized spacial score (nSPS) is 35.2. The van der Waals surface area contributed by atoms with Crippen molar-refractivity contribution >= 4 is 0 Å². The number of nitrogens with one attached hydrogen (secondary N) is 1. The minimum absolute atomic E-state index is 0.104. The molecule has 20 heavy (non-hydrogen) atoms. The van der Waals surface area contributed by atoms with Crippen LogP contribution in [-0.2, 0) is 14.2 Å². The smallest absolute Gasteiger partial charge is 0.0729 e. The molecular formula is C16H29NO3. The molecule has 0 radical (unpaired) electrons. The van der Waals surface area contributed by atoms with Crippen LogP contribution in [0.2, 0.25) is 0 Å². The van der Waals surface area contributed by atoms with Crippen molar-refractivity contribution in [3.8, 4) is 0 Å². The van der Waals surface area contributed by atoms with E-state index in [4.69, 9.17) is 14.2 Å². The standard InChI is InChI=1S/C16H29NO3/c1-17-15(11-14-3-2-7-19-14)13-4-8-20-16(12-13)5-9-18-10-6-16/h13-15,17H,2-12H2,1H3. The van der Waals surface area contributed by atoms with Gasteiger partial charge in [0.15, 0.2) is 0 Å². The van der Waals surface area contributed by atoms with E-state index in [1.165, 1.54) is 25.7 Å². The lowest BCUT2D eigenvalue weighted by Crippen LogP contribution is -2.49. The van der Waals surface area contributed by atoms with Crippen LogP contribution in [0.4, 0.5) is 0 Å². The van der Waals surface area contributed by atoms with Crippen molar-refractivity contribution in [3.63, 3.8) is 0 Å². The maximum absolute atomic E-state index is 6.16. The Labute approximate surface area is 122 Å². The third kappa shape index (κ3) is 3.35. The van der Waals surface area contributed by atoms with Gasteiger partial charge in [0.2, 0.25) is 0 Å². The molecule has 0 aromatic carbocycles. The Kier molecular flexibility index (Phi) is 4.97. The molecule has 3 saturated heterocycles. The highest BCUT2D eigenvalue weighted by Crippen LogP contribution is 2.39. The first kappa shape index (κ1) is 14.8. The van der Waals surface area contributed by atoms with E-state index >= 15 is 0 Å². The molecule has 3 fully saturated rings. The van der Waals surface area contributed by atoms with E-state index in [2.05, 4.69) is 12.4 Å². The summed E-state index contributed by atoms with van der Waals surface area (Å²) in [6, 6.07) is 0.571. The maximum Gasteiger partial charge on any atom is 0.0729 e. The molecule has 1 N–H and O–H groups in total. The first-order chi connectivity index (χ1) is 9.81. The average molecular weight is 283 g/mol. The van der Waals surface area contributed by atoms with Crippen LogP contribution in [0.25, 0.3) is 0 Å². The summed E-state index contributed by atoms with van der Waals surface area (Å²) in [6.45, 7) is 3.59. The second-order valence-corrected chi connectivity index (χ2v) is 6.66. The summed E-state index contributed by atoms with van der Waals surface area (Å²) in [5, 5.41) is 3.55. The van der Waals surface area contributed by atoms with E-state index < -0.39 is 0 Å². The molecule has 0 aromatic rings. The van der Waals surface area contributed by atoms with Gasteiger partial charge in [-0.3, -0.25) is 0 Å². The van der Waals surface area contributed by atoms with Crippen LogP contribution in [0.1, 0.15) is 44.9 Å². The Hall–Kier alpha value is -0.160. The lowest BCUT2D eigenvalue weighted by atomic mass is 9.76. The van der Waals surface area contributed by atoms with E-state index in [0.717, 1.165) is 51.6 Å². The monoisotopic (exact) mass is 283 g/mol. The van der Waals surface area contributed by atoms with Crippen LogP contribution < -0.4 is 5.32 Å². The minimum atomic E-state index is 0.104. The molecule has 116 valence electrons. The van der Waals surface area contributed by atoms with Crippen molar-refractivity contribution in [2.24, 2.45) is 5.92 Å². The molecule has 4 nitrogen and oxygen atoms in total. The predicted octanol–water partition coefficient (Wildman–Crippen LogP) is 2.12. The van der Waals surface area contributed by atoms with Crippen molar-refractivity contribution in [2.75, 3.05) is 33.5 Å². The van der Waals surface area contributed by atoms with Crippen LogP contribution >= 0.6 is 0 Å². The van der Waals surface area contributed by atoms with Gasteiger partial charge in [-0.05, 0) is 57.9 Å². The number of ether oxygens (including phenoxy) is 3. The van der Waals surface area contributed by atoms with E-state index in [0.29, 0.717) is 12.1 Å². The molecule has 3 atom stereocenters. The van der Waals surface area contributed by atoms with Gasteiger partial charge in [-0.1, -0.05) is 0 Å². The van der Waals surface area contributed by atoms with Crippen LogP contribution in [0.5, 0.6) is 0 Å². The molecule has 3 aliphatic rings. The highest BCUT2D eigenvalue weighted by molar-refractivity contribution is 4.93. The van der Waals surface area contributed by atoms with Gasteiger partial charge in [0.25, 0.3) is 0 Å². The fraction of sp³-hybridized carbons (Fsp3) is 1.00. The van der Waals surface area contributed by atoms with Gasteiger partial charge in [0.1, 0.15) is 0 Å². The zero-order valence-electron chi connectivity index (χ0n) is 12.7. The molecule has 0 bridgehead atoms. The molecule has 1 spiro atoms. The third-order valence-corrected chi connectivity index (χ3v) is 5.42. The molecule has 3 heterocycles. The summed E-state index contributed by atoms with van der Waals surface area (Å²) in [5.74, 6) is 0.719. The molecule has 0 aromatic heterocycles. The minimum Gasteiger partial charge on any atom is -0.381 e. The lowest BCUT2D eigenvalue weighted by molar-refractivity contribution is -0.151. The van der Waals surface area contributed by atoms with Gasteiger partial charge in [0, 0.05) is 32.5 Å². The summed E-state index contributed by atoms with van der Waals surface area (Å²) in [7, 11) is 2.10. The Morgan fingerprint density at radius 3 is 2.70 bits per heavy atom. The molecule has 0 saturated carbocycles. The number of hydrogen-bond donors (Lipinski definition) is 1. The van der Waals surface area contributed by atoms with E-state index in [1.807, 2.05) is 0 Å². The van der Waals surface area contributed by atoms with Crippen LogP contribution in [-0.4, -0.2) is 51.2 Å². The van der Waals surface area contributed by atoms with Gasteiger partial charge in [-0.15, -0.1) is 0 Å². The van der Waals surface area contributed by atoms with Crippen molar-refractivity contribution in [2.45, 2.75) is 62.7 Å². The number of hydrogen-bond acceptors (Lipinski definition) is 4. The van der Waals surface area contributed by atoms with Gasteiger partial charge in [0.05, 0.1) is 11.7 Å². The second-order valence-electron chi connectivity index (χ2n) is 6.66. The van der Waals surface area contributed by atoms with Crippen LogP contribution in [0.15, 0.2) is 0 Å². The first-order valence-electron chi connectivity index (χ1n) is 8.32. The fourth-order valence-electron chi connectivity index (χ4n) is 4.16. The van der Waals surface area contributed by atoms with Crippen LogP contribution in [0, 0.1) is 5.92 Å². The largest absolute Gasteiger partial charge is 0.381 e. The van der Waals surface area contributed by atoms with Gasteiger partial charge in [-0.2, -0.15) is 0 Å². The highest BCUT2D eigenvalue weighted by atomic mass is 16.5. The maximum atomic E-state index is 6.16. The summed E-state index contributed by atoms with van der Waals surface area (Å²) in [4.78, 5) is 0. The zero-order valence-corrected chi connectivity index (χ0v) is 12.7. The second kappa shape index (κ2) is 6.73. The number of rotatable bonds is 4. The molecule has 0 amide bonds. The summed E-state index contributed by atoms with van der Waals surface area (Å²) >= 11 is 0. The zero-order chi connectivity index (χ0) is 13.8. The molecule has 3 rings (SSSR count). The first-order valence-corrected chi connectivity index (χ1v) is 8.32. The third-order valence-electron chi connectivity index (χ3n) is 5.42. The molecule has 0 aliphatic carbocycles. The highest BCUT2D eigenvalue weighted by Gasteiger charge is 2.41. The molecular weight excluding hydrogens is 254 g/mol. The quantitative estimate of drug-likeness (QED) is 0.858. The summed E-state index contributed by atoms with van der Waals surface area (Å²) < 4.78 is 17.5. The van der Waals surface area contributed by atoms with E-state index in [9.17, 15) is 0 Å². The van der Waals surface area contributed by atoms with Crippen molar-refractivity contribution in [1.29, 1.82) is 0 Å². The molecule has 3 aliphatic heterocycles. The Balaban J connectivity index is 1.58. The summed E-state index contributed by atoms with van der Waals surface area (Å²) in [6.07, 6.45) is 8.61.